The van der Waals surface area contributed by atoms with E-state index >= 15 is 0 Å². The Labute approximate surface area is 152 Å². The van der Waals surface area contributed by atoms with Gasteiger partial charge in [0.25, 0.3) is 0 Å². The fourth-order valence-electron chi connectivity index (χ4n) is 3.72. The van der Waals surface area contributed by atoms with Crippen molar-refractivity contribution in [3.05, 3.63) is 39.8 Å². The summed E-state index contributed by atoms with van der Waals surface area (Å²) < 4.78 is 0. The maximum atomic E-state index is 12.9. The number of aryl methyl sites for hydroxylation is 1. The van der Waals surface area contributed by atoms with Crippen molar-refractivity contribution in [1.82, 2.24) is 14.9 Å². The van der Waals surface area contributed by atoms with E-state index < -0.39 is 0 Å². The van der Waals surface area contributed by atoms with E-state index in [0.717, 1.165) is 63.4 Å². The Morgan fingerprint density at radius 3 is 2.72 bits per heavy atom. The molecule has 0 aromatic carbocycles. The van der Waals surface area contributed by atoms with Crippen molar-refractivity contribution >= 4 is 23.2 Å². The third-order valence-electron chi connectivity index (χ3n) is 5.35. The van der Waals surface area contributed by atoms with Crippen LogP contribution in [0, 0.1) is 5.92 Å². The number of anilines is 1. The third kappa shape index (κ3) is 3.40. The summed E-state index contributed by atoms with van der Waals surface area (Å²) in [7, 11) is 0. The summed E-state index contributed by atoms with van der Waals surface area (Å²) in [4.78, 5) is 27.5. The van der Waals surface area contributed by atoms with E-state index in [9.17, 15) is 4.79 Å². The molecule has 4 heterocycles. The van der Waals surface area contributed by atoms with Crippen molar-refractivity contribution in [2.24, 2.45) is 5.92 Å². The van der Waals surface area contributed by atoms with Crippen LogP contribution in [0.1, 0.15) is 35.8 Å². The molecule has 2 aromatic rings. The average Bonchev–Trinajstić information content (AvgIpc) is 3.15. The highest BCUT2D eigenvalue weighted by atomic mass is 32.1. The van der Waals surface area contributed by atoms with Crippen LogP contribution in [0.4, 0.5) is 5.95 Å². The van der Waals surface area contributed by atoms with Crippen LogP contribution in [0.2, 0.25) is 0 Å². The highest BCUT2D eigenvalue weighted by molar-refractivity contribution is 7.10. The molecule has 0 unspecified atom stereocenters. The lowest BCUT2D eigenvalue weighted by Crippen LogP contribution is -2.44. The van der Waals surface area contributed by atoms with E-state index in [1.54, 1.807) is 0 Å². The monoisotopic (exact) mass is 356 g/mol. The maximum absolute atomic E-state index is 12.9. The molecule has 2 aliphatic rings. The Morgan fingerprint density at radius 2 is 2.00 bits per heavy atom. The van der Waals surface area contributed by atoms with Gasteiger partial charge in [-0.3, -0.25) is 4.79 Å². The van der Waals surface area contributed by atoms with Crippen LogP contribution in [0.5, 0.6) is 0 Å². The van der Waals surface area contributed by atoms with Crippen molar-refractivity contribution in [2.75, 3.05) is 24.5 Å². The average molecular weight is 356 g/mol. The molecule has 132 valence electrons. The minimum atomic E-state index is 0.145. The first kappa shape index (κ1) is 16.5. The summed E-state index contributed by atoms with van der Waals surface area (Å²) in [5, 5.41) is 2.14. The molecule has 6 heteroatoms. The zero-order chi connectivity index (χ0) is 17.2. The number of hydrogen-bond donors (Lipinski definition) is 0. The molecule has 0 spiro atoms. The van der Waals surface area contributed by atoms with Gasteiger partial charge in [-0.2, -0.15) is 0 Å². The standard InChI is InChI=1S/C19H24N4OS/c1-2-14-11-20-19(21-12-14)22-7-3-15(4-8-22)18(24)23-9-5-17-16(13-23)6-10-25-17/h6,10-12,15H,2-5,7-9,13H2,1H3. The quantitative estimate of drug-likeness (QED) is 0.848. The minimum absolute atomic E-state index is 0.145. The van der Waals surface area contributed by atoms with E-state index in [4.69, 9.17) is 0 Å². The fourth-order valence-corrected chi connectivity index (χ4v) is 4.60. The Bertz CT molecular complexity index is 734. The summed E-state index contributed by atoms with van der Waals surface area (Å²) in [5.41, 5.74) is 2.50. The molecule has 5 nitrogen and oxygen atoms in total. The Kier molecular flexibility index (Phi) is 4.70. The maximum Gasteiger partial charge on any atom is 0.226 e. The molecule has 0 saturated carbocycles. The number of nitrogens with zero attached hydrogens (tertiary/aromatic N) is 4. The van der Waals surface area contributed by atoms with Gasteiger partial charge in [-0.15, -0.1) is 11.3 Å². The van der Waals surface area contributed by atoms with Crippen LogP contribution in [-0.2, 0) is 24.2 Å². The minimum Gasteiger partial charge on any atom is -0.341 e. The van der Waals surface area contributed by atoms with Gasteiger partial charge in [0.2, 0.25) is 11.9 Å². The first-order valence-corrected chi connectivity index (χ1v) is 10.0. The first-order chi connectivity index (χ1) is 12.2. The van der Waals surface area contributed by atoms with Gasteiger partial charge in [-0.1, -0.05) is 6.92 Å². The van der Waals surface area contributed by atoms with Crippen LogP contribution < -0.4 is 4.90 Å². The van der Waals surface area contributed by atoms with Gasteiger partial charge in [0.15, 0.2) is 0 Å². The number of carbonyl (C=O) groups is 1. The van der Waals surface area contributed by atoms with Gasteiger partial charge in [-0.25, -0.2) is 9.97 Å². The number of fused-ring (bicyclic) bond motifs is 1. The number of aromatic nitrogens is 2. The van der Waals surface area contributed by atoms with Gasteiger partial charge in [0, 0.05) is 49.4 Å². The molecule has 1 fully saturated rings. The number of hydrogen-bond acceptors (Lipinski definition) is 5. The summed E-state index contributed by atoms with van der Waals surface area (Å²) in [6.07, 6.45) is 7.57. The molecule has 0 atom stereocenters. The normalized spacial score (nSPS) is 18.3. The summed E-state index contributed by atoms with van der Waals surface area (Å²) in [6.45, 7) is 5.49. The molecule has 0 aliphatic carbocycles. The number of amides is 1. The van der Waals surface area contributed by atoms with E-state index in [-0.39, 0.29) is 5.92 Å². The van der Waals surface area contributed by atoms with Gasteiger partial charge < -0.3 is 9.80 Å². The van der Waals surface area contributed by atoms with Crippen LogP contribution >= 0.6 is 11.3 Å². The SMILES string of the molecule is CCc1cnc(N2CCC(C(=O)N3CCc4sccc4C3)CC2)nc1. The smallest absolute Gasteiger partial charge is 0.226 e. The topological polar surface area (TPSA) is 49.3 Å². The van der Waals surface area contributed by atoms with Gasteiger partial charge in [0.05, 0.1) is 0 Å². The van der Waals surface area contributed by atoms with Crippen molar-refractivity contribution in [3.63, 3.8) is 0 Å². The highest BCUT2D eigenvalue weighted by Crippen LogP contribution is 2.28. The number of thiophene rings is 1. The highest BCUT2D eigenvalue weighted by Gasteiger charge is 2.31. The predicted octanol–water partition coefficient (Wildman–Crippen LogP) is 2.90. The molecule has 4 rings (SSSR count). The molecule has 1 saturated heterocycles. The van der Waals surface area contributed by atoms with Crippen LogP contribution in [0.3, 0.4) is 0 Å². The second kappa shape index (κ2) is 7.12. The molecular formula is C19H24N4OS. The van der Waals surface area contributed by atoms with Crippen molar-refractivity contribution < 1.29 is 4.79 Å². The molecule has 0 N–H and O–H groups in total. The number of carbonyl (C=O) groups excluding carboxylic acids is 1. The van der Waals surface area contributed by atoms with Crippen LogP contribution in [0.15, 0.2) is 23.8 Å². The van der Waals surface area contributed by atoms with Crippen LogP contribution in [0.25, 0.3) is 0 Å². The molecule has 2 aromatic heterocycles. The zero-order valence-corrected chi connectivity index (χ0v) is 15.5. The second-order valence-corrected chi connectivity index (χ2v) is 7.89. The Hall–Kier alpha value is -1.95. The fraction of sp³-hybridized carbons (Fsp3) is 0.526. The van der Waals surface area contributed by atoms with E-state index in [1.165, 1.54) is 10.4 Å². The summed E-state index contributed by atoms with van der Waals surface area (Å²) >= 11 is 1.82. The molecule has 2 aliphatic heterocycles. The van der Waals surface area contributed by atoms with Gasteiger partial charge >= 0.3 is 0 Å². The van der Waals surface area contributed by atoms with Crippen molar-refractivity contribution in [1.29, 1.82) is 0 Å². The summed E-state index contributed by atoms with van der Waals surface area (Å²) in [6, 6.07) is 2.17. The lowest BCUT2D eigenvalue weighted by molar-refractivity contribution is -0.137. The van der Waals surface area contributed by atoms with E-state index in [0.29, 0.717) is 5.91 Å². The molecule has 1 amide bonds. The Morgan fingerprint density at radius 1 is 1.24 bits per heavy atom. The second-order valence-electron chi connectivity index (χ2n) is 6.88. The third-order valence-corrected chi connectivity index (χ3v) is 6.37. The molecular weight excluding hydrogens is 332 g/mol. The number of piperidine rings is 1. The van der Waals surface area contributed by atoms with Gasteiger partial charge in [-0.05, 0) is 48.3 Å². The van der Waals surface area contributed by atoms with Crippen molar-refractivity contribution in [2.45, 2.75) is 39.2 Å². The molecule has 0 radical (unpaired) electrons. The van der Waals surface area contributed by atoms with Crippen LogP contribution in [-0.4, -0.2) is 40.4 Å². The van der Waals surface area contributed by atoms with E-state index in [2.05, 4.69) is 38.1 Å². The van der Waals surface area contributed by atoms with E-state index in [1.807, 2.05) is 23.7 Å². The first-order valence-electron chi connectivity index (χ1n) is 9.14. The predicted molar refractivity (Wildman–Crippen MR) is 99.8 cm³/mol. The zero-order valence-electron chi connectivity index (χ0n) is 14.6. The lowest BCUT2D eigenvalue weighted by Gasteiger charge is -2.35. The molecule has 25 heavy (non-hydrogen) atoms. The Balaban J connectivity index is 1.34. The molecule has 0 bridgehead atoms. The number of rotatable bonds is 3. The lowest BCUT2D eigenvalue weighted by atomic mass is 9.94. The summed E-state index contributed by atoms with van der Waals surface area (Å²) in [5.74, 6) is 1.27. The van der Waals surface area contributed by atoms with Gasteiger partial charge in [0.1, 0.15) is 0 Å². The van der Waals surface area contributed by atoms with Crippen molar-refractivity contribution in [3.8, 4) is 0 Å². The largest absolute Gasteiger partial charge is 0.341 e.